The standard InChI is InChI=1S/C34H47FN4O2/c1-7-16-27(4)17-12-10-14-19-34-37-32(38(6)41-34)25-24-31(28(5)8-2)36-33(18-13-11-15-26-40)39(9-3)30-22-20-29(35)21-23-30/h8-10,12,16,20-25,32,40H,2-3,7,11,13-15,17-19,26H2,1,4-6H3/b12-10-,25-24+,27-16-,31-28+,36-33?. The maximum Gasteiger partial charge on any atom is 0.212 e. The molecular weight excluding hydrogens is 515 g/mol. The number of likely N-dealkylation sites (N-methyl/N-ethyl adjacent to an activating group) is 1. The first kappa shape index (κ1) is 33.7. The third-order valence-electron chi connectivity index (χ3n) is 6.59. The van der Waals surface area contributed by atoms with Crippen LogP contribution in [-0.4, -0.2) is 41.7 Å². The van der Waals surface area contributed by atoms with Crippen LogP contribution in [0.5, 0.6) is 0 Å². The topological polar surface area (TPSA) is 60.7 Å². The molecule has 0 aliphatic carbocycles. The van der Waals surface area contributed by atoms with Gasteiger partial charge in [-0.1, -0.05) is 56.4 Å². The Hall–Kier alpha value is -3.55. The molecule has 0 saturated carbocycles. The monoisotopic (exact) mass is 562 g/mol. The van der Waals surface area contributed by atoms with E-state index in [2.05, 4.69) is 45.2 Å². The fraction of sp³-hybridized carbons (Fsp3) is 0.412. The minimum absolute atomic E-state index is 0.158. The van der Waals surface area contributed by atoms with Gasteiger partial charge in [0.05, 0.1) is 5.70 Å². The summed E-state index contributed by atoms with van der Waals surface area (Å²) in [6, 6.07) is 6.26. The Bertz CT molecular complexity index is 1160. The van der Waals surface area contributed by atoms with Crippen molar-refractivity contribution in [3.8, 4) is 0 Å². The third kappa shape index (κ3) is 11.8. The summed E-state index contributed by atoms with van der Waals surface area (Å²) in [5.74, 6) is 1.17. The summed E-state index contributed by atoms with van der Waals surface area (Å²) in [4.78, 5) is 17.5. The zero-order valence-corrected chi connectivity index (χ0v) is 25.2. The molecule has 2 rings (SSSR count). The van der Waals surface area contributed by atoms with Crippen molar-refractivity contribution in [1.29, 1.82) is 0 Å². The predicted octanol–water partition coefficient (Wildman–Crippen LogP) is 8.43. The SMILES string of the molecule is C=C/C(C)=C(\C=C\C1N=C(CC/C=C\C/C(C)=C\CC)ON1C)N=C(CCCCCO)N(C=C)c1ccc(F)cc1. The number of hydroxylamine groups is 2. The Morgan fingerprint density at radius 2 is 1.93 bits per heavy atom. The number of allylic oxidation sites excluding steroid dienone is 7. The van der Waals surface area contributed by atoms with E-state index in [-0.39, 0.29) is 18.6 Å². The van der Waals surface area contributed by atoms with Gasteiger partial charge < -0.3 is 14.8 Å². The van der Waals surface area contributed by atoms with Gasteiger partial charge in [0.2, 0.25) is 5.90 Å². The number of nitrogens with zero attached hydrogens (tertiary/aromatic N) is 4. The smallest absolute Gasteiger partial charge is 0.212 e. The average Bonchev–Trinajstić information content (AvgIpc) is 3.32. The van der Waals surface area contributed by atoms with Crippen molar-refractivity contribution < 1.29 is 14.3 Å². The van der Waals surface area contributed by atoms with E-state index in [9.17, 15) is 9.50 Å². The summed E-state index contributed by atoms with van der Waals surface area (Å²) in [5.41, 5.74) is 3.79. The highest BCUT2D eigenvalue weighted by Gasteiger charge is 2.22. The van der Waals surface area contributed by atoms with Crippen LogP contribution in [0.15, 0.2) is 107 Å². The first-order valence-electron chi connectivity index (χ1n) is 14.5. The first-order chi connectivity index (χ1) is 19.8. The number of hydrogen-bond donors (Lipinski definition) is 1. The highest BCUT2D eigenvalue weighted by atomic mass is 19.1. The fourth-order valence-electron chi connectivity index (χ4n) is 4.21. The van der Waals surface area contributed by atoms with E-state index in [1.165, 1.54) is 17.7 Å². The lowest BCUT2D eigenvalue weighted by Gasteiger charge is -2.23. The molecule has 0 spiro atoms. The van der Waals surface area contributed by atoms with Crippen LogP contribution < -0.4 is 4.90 Å². The van der Waals surface area contributed by atoms with E-state index in [0.717, 1.165) is 67.7 Å². The number of hydrogen-bond acceptors (Lipinski definition) is 5. The van der Waals surface area contributed by atoms with Crippen molar-refractivity contribution in [2.75, 3.05) is 18.6 Å². The quantitative estimate of drug-likeness (QED) is 0.0681. The van der Waals surface area contributed by atoms with Gasteiger partial charge in [0, 0.05) is 38.4 Å². The van der Waals surface area contributed by atoms with E-state index in [1.807, 2.05) is 31.0 Å². The Balaban J connectivity index is 2.24. The van der Waals surface area contributed by atoms with Gasteiger partial charge >= 0.3 is 0 Å². The van der Waals surface area contributed by atoms with Crippen molar-refractivity contribution in [3.05, 3.63) is 103 Å². The average molecular weight is 563 g/mol. The van der Waals surface area contributed by atoms with E-state index in [4.69, 9.17) is 14.8 Å². The number of aliphatic hydroxyl groups is 1. The van der Waals surface area contributed by atoms with Gasteiger partial charge in [-0.3, -0.25) is 0 Å². The predicted molar refractivity (Wildman–Crippen MR) is 171 cm³/mol. The molecule has 1 aliphatic rings. The molecule has 0 fully saturated rings. The molecule has 1 atom stereocenters. The summed E-state index contributed by atoms with van der Waals surface area (Å²) >= 11 is 0. The molecule has 1 heterocycles. The molecule has 1 aromatic carbocycles. The van der Waals surface area contributed by atoms with Crippen LogP contribution in [0, 0.1) is 5.82 Å². The highest BCUT2D eigenvalue weighted by Crippen LogP contribution is 2.22. The maximum atomic E-state index is 13.6. The lowest BCUT2D eigenvalue weighted by Crippen LogP contribution is -2.25. The molecule has 1 aromatic rings. The Kier molecular flexibility index (Phi) is 15.4. The Labute approximate surface area is 246 Å². The summed E-state index contributed by atoms with van der Waals surface area (Å²) in [6.45, 7) is 14.4. The lowest BCUT2D eigenvalue weighted by molar-refractivity contribution is -0.0448. The summed E-state index contributed by atoms with van der Waals surface area (Å²) in [5, 5.41) is 10.9. The van der Waals surface area contributed by atoms with Crippen molar-refractivity contribution in [2.45, 2.75) is 78.3 Å². The normalized spacial score (nSPS) is 17.1. The van der Waals surface area contributed by atoms with Gasteiger partial charge in [-0.05, 0) is 87.9 Å². The summed E-state index contributed by atoms with van der Waals surface area (Å²) in [6.07, 6.45) is 20.4. The van der Waals surface area contributed by atoms with Crippen LogP contribution in [0.1, 0.15) is 72.1 Å². The van der Waals surface area contributed by atoms with E-state index < -0.39 is 0 Å². The summed E-state index contributed by atoms with van der Waals surface area (Å²) < 4.78 is 13.6. The minimum Gasteiger partial charge on any atom is -0.396 e. The Morgan fingerprint density at radius 3 is 2.59 bits per heavy atom. The van der Waals surface area contributed by atoms with Gasteiger partial charge in [0.1, 0.15) is 11.7 Å². The van der Waals surface area contributed by atoms with Gasteiger partial charge in [-0.25, -0.2) is 14.4 Å². The molecular formula is C34H47FN4O2. The number of aliphatic imine (C=N–C) groups is 2. The molecule has 0 radical (unpaired) electrons. The number of halogens is 1. The second kappa shape index (κ2) is 18.7. The number of benzene rings is 1. The van der Waals surface area contributed by atoms with Crippen LogP contribution in [0.3, 0.4) is 0 Å². The molecule has 1 aliphatic heterocycles. The van der Waals surface area contributed by atoms with Crippen LogP contribution in [0.2, 0.25) is 0 Å². The zero-order chi connectivity index (χ0) is 30.0. The highest BCUT2D eigenvalue weighted by molar-refractivity contribution is 6.00. The minimum atomic E-state index is -0.303. The van der Waals surface area contributed by atoms with Crippen LogP contribution >= 0.6 is 0 Å². The van der Waals surface area contributed by atoms with Crippen molar-refractivity contribution in [2.24, 2.45) is 9.98 Å². The number of rotatable bonds is 17. The lowest BCUT2D eigenvalue weighted by atomic mass is 10.1. The second-order valence-corrected chi connectivity index (χ2v) is 9.97. The zero-order valence-electron chi connectivity index (χ0n) is 25.2. The van der Waals surface area contributed by atoms with Gasteiger partial charge in [-0.15, -0.1) is 5.06 Å². The third-order valence-corrected chi connectivity index (χ3v) is 6.59. The number of unbranched alkanes of at least 4 members (excludes halogenated alkanes) is 2. The molecule has 41 heavy (non-hydrogen) atoms. The molecule has 222 valence electrons. The number of amidine groups is 1. The second-order valence-electron chi connectivity index (χ2n) is 9.97. The molecule has 0 saturated heterocycles. The summed E-state index contributed by atoms with van der Waals surface area (Å²) in [7, 11) is 1.87. The van der Waals surface area contributed by atoms with E-state index in [0.29, 0.717) is 12.3 Å². The molecule has 1 unspecified atom stereocenters. The Morgan fingerprint density at radius 1 is 1.17 bits per heavy atom. The fourth-order valence-corrected chi connectivity index (χ4v) is 4.21. The van der Waals surface area contributed by atoms with Gasteiger partial charge in [-0.2, -0.15) is 0 Å². The van der Waals surface area contributed by atoms with Crippen molar-refractivity contribution in [3.63, 3.8) is 0 Å². The van der Waals surface area contributed by atoms with Crippen LogP contribution in [0.4, 0.5) is 10.1 Å². The molecule has 6 nitrogen and oxygen atoms in total. The van der Waals surface area contributed by atoms with Crippen molar-refractivity contribution >= 4 is 17.4 Å². The van der Waals surface area contributed by atoms with Gasteiger partial charge in [0.25, 0.3) is 0 Å². The first-order valence-corrected chi connectivity index (χ1v) is 14.5. The van der Waals surface area contributed by atoms with E-state index >= 15 is 0 Å². The number of anilines is 1. The van der Waals surface area contributed by atoms with Crippen LogP contribution in [0.25, 0.3) is 0 Å². The van der Waals surface area contributed by atoms with Crippen molar-refractivity contribution in [1.82, 2.24) is 5.06 Å². The van der Waals surface area contributed by atoms with E-state index in [1.54, 1.807) is 29.5 Å². The molecule has 1 N–H and O–H groups in total. The molecule has 0 aromatic heterocycles. The largest absolute Gasteiger partial charge is 0.396 e. The molecule has 7 heteroatoms. The number of aliphatic hydroxyl groups excluding tert-OH is 1. The molecule has 0 amide bonds. The maximum absolute atomic E-state index is 13.6. The van der Waals surface area contributed by atoms with Gasteiger partial charge in [0.15, 0.2) is 6.17 Å². The van der Waals surface area contributed by atoms with Crippen LogP contribution in [-0.2, 0) is 4.84 Å². The molecule has 0 bridgehead atoms.